The van der Waals surface area contributed by atoms with Gasteiger partial charge in [-0.2, -0.15) is 0 Å². The molecule has 47 valence electrons. The molecule has 0 aromatic carbocycles. The minimum absolute atomic E-state index is 0.0281. The Morgan fingerprint density at radius 3 is 2.89 bits per heavy atom. The maximum atomic E-state index is 8.62. The van der Waals surface area contributed by atoms with Crippen molar-refractivity contribution in [1.29, 1.82) is 0 Å². The van der Waals surface area contributed by atoms with Crippen LogP contribution in [-0.4, -0.2) is 10.1 Å². The van der Waals surface area contributed by atoms with E-state index < -0.39 is 0 Å². The van der Waals surface area contributed by atoms with Crippen molar-refractivity contribution in [2.45, 2.75) is 6.61 Å². The van der Waals surface area contributed by atoms with Crippen molar-refractivity contribution in [2.75, 3.05) is 0 Å². The van der Waals surface area contributed by atoms with Gasteiger partial charge in [0.1, 0.15) is 0 Å². The molecule has 0 aliphatic carbocycles. The van der Waals surface area contributed by atoms with Crippen LogP contribution in [0, 0.1) is 6.92 Å². The van der Waals surface area contributed by atoms with Gasteiger partial charge in [0, 0.05) is 6.20 Å². The molecular weight excluding hydrogens is 114 g/mol. The van der Waals surface area contributed by atoms with E-state index in [1.807, 2.05) is 6.07 Å². The molecule has 0 aliphatic rings. The summed E-state index contributed by atoms with van der Waals surface area (Å²) in [6.07, 6.45) is 1.64. The molecule has 0 spiro atoms. The van der Waals surface area contributed by atoms with E-state index in [0.29, 0.717) is 5.69 Å². The minimum atomic E-state index is -0.0281. The highest BCUT2D eigenvalue weighted by molar-refractivity contribution is 5.21. The first-order chi connectivity index (χ1) is 4.34. The summed E-state index contributed by atoms with van der Waals surface area (Å²) in [5.41, 5.74) is 1.44. The number of hydrogen-bond donors (Lipinski definition) is 1. The fourth-order valence-corrected chi connectivity index (χ4v) is 0.614. The molecule has 0 unspecified atom stereocenters. The minimum Gasteiger partial charge on any atom is -0.390 e. The SMILES string of the molecule is [CH2]c1cccnc1CO. The first-order valence-electron chi connectivity index (χ1n) is 2.71. The van der Waals surface area contributed by atoms with E-state index in [9.17, 15) is 0 Å². The molecule has 1 heterocycles. The lowest BCUT2D eigenvalue weighted by Gasteiger charge is -1.96. The van der Waals surface area contributed by atoms with Crippen LogP contribution in [0.1, 0.15) is 11.3 Å². The van der Waals surface area contributed by atoms with Gasteiger partial charge in [-0.25, -0.2) is 0 Å². The topological polar surface area (TPSA) is 33.1 Å². The summed E-state index contributed by atoms with van der Waals surface area (Å²) >= 11 is 0. The Bertz CT molecular complexity index is 198. The molecule has 0 fully saturated rings. The van der Waals surface area contributed by atoms with E-state index in [0.717, 1.165) is 5.56 Å². The average molecular weight is 122 g/mol. The molecule has 1 aromatic rings. The van der Waals surface area contributed by atoms with Crippen LogP contribution in [0.3, 0.4) is 0 Å². The maximum Gasteiger partial charge on any atom is 0.0855 e. The Morgan fingerprint density at radius 1 is 1.67 bits per heavy atom. The zero-order valence-electron chi connectivity index (χ0n) is 5.04. The monoisotopic (exact) mass is 122 g/mol. The van der Waals surface area contributed by atoms with Gasteiger partial charge in [0.05, 0.1) is 12.3 Å². The summed E-state index contributed by atoms with van der Waals surface area (Å²) in [5.74, 6) is 0. The zero-order chi connectivity index (χ0) is 6.69. The summed E-state index contributed by atoms with van der Waals surface area (Å²) in [6, 6.07) is 3.61. The molecule has 9 heavy (non-hydrogen) atoms. The number of aliphatic hydroxyl groups is 1. The summed E-state index contributed by atoms with van der Waals surface area (Å²) in [7, 11) is 0. The highest BCUT2D eigenvalue weighted by Crippen LogP contribution is 2.00. The van der Waals surface area contributed by atoms with Crippen LogP contribution in [0.15, 0.2) is 18.3 Å². The Morgan fingerprint density at radius 2 is 2.44 bits per heavy atom. The zero-order valence-corrected chi connectivity index (χ0v) is 5.04. The molecule has 1 radical (unpaired) electrons. The molecular formula is C7H8NO. The Balaban J connectivity index is 3.01. The lowest BCUT2D eigenvalue weighted by Crippen LogP contribution is -1.90. The van der Waals surface area contributed by atoms with Crippen LogP contribution in [0.25, 0.3) is 0 Å². The fraction of sp³-hybridized carbons (Fsp3) is 0.143. The highest BCUT2D eigenvalue weighted by Gasteiger charge is 1.92. The molecule has 1 N–H and O–H groups in total. The van der Waals surface area contributed by atoms with Crippen molar-refractivity contribution >= 4 is 0 Å². The number of hydrogen-bond acceptors (Lipinski definition) is 2. The standard InChI is InChI=1S/C7H8NO/c1-6-3-2-4-8-7(6)5-9/h2-4,9H,1,5H2. The third-order valence-corrected chi connectivity index (χ3v) is 1.13. The van der Waals surface area contributed by atoms with E-state index in [2.05, 4.69) is 11.9 Å². The van der Waals surface area contributed by atoms with Crippen molar-refractivity contribution in [3.63, 3.8) is 0 Å². The molecule has 0 bridgehead atoms. The average Bonchev–Trinajstić information content (AvgIpc) is 1.89. The second kappa shape index (κ2) is 2.60. The van der Waals surface area contributed by atoms with Gasteiger partial charge in [-0.05, 0) is 18.6 Å². The second-order valence-corrected chi connectivity index (χ2v) is 1.77. The highest BCUT2D eigenvalue weighted by atomic mass is 16.3. The van der Waals surface area contributed by atoms with Crippen molar-refractivity contribution < 1.29 is 5.11 Å². The summed E-state index contributed by atoms with van der Waals surface area (Å²) in [6.45, 7) is 3.64. The summed E-state index contributed by atoms with van der Waals surface area (Å²) < 4.78 is 0. The molecule has 0 amide bonds. The first kappa shape index (κ1) is 6.23. The van der Waals surface area contributed by atoms with E-state index in [4.69, 9.17) is 5.11 Å². The molecule has 0 atom stereocenters. The molecule has 0 saturated carbocycles. The molecule has 2 nitrogen and oxygen atoms in total. The van der Waals surface area contributed by atoms with E-state index >= 15 is 0 Å². The van der Waals surface area contributed by atoms with Gasteiger partial charge in [0.2, 0.25) is 0 Å². The summed E-state index contributed by atoms with van der Waals surface area (Å²) in [4.78, 5) is 3.88. The van der Waals surface area contributed by atoms with Crippen LogP contribution in [0.5, 0.6) is 0 Å². The van der Waals surface area contributed by atoms with Gasteiger partial charge in [0.25, 0.3) is 0 Å². The third-order valence-electron chi connectivity index (χ3n) is 1.13. The Kier molecular flexibility index (Phi) is 1.80. The number of rotatable bonds is 1. The Labute approximate surface area is 54.2 Å². The predicted molar refractivity (Wildman–Crippen MR) is 34.6 cm³/mol. The number of pyridine rings is 1. The van der Waals surface area contributed by atoms with Crippen LogP contribution < -0.4 is 0 Å². The van der Waals surface area contributed by atoms with Crippen molar-refractivity contribution in [1.82, 2.24) is 4.98 Å². The van der Waals surface area contributed by atoms with Crippen molar-refractivity contribution in [3.05, 3.63) is 36.5 Å². The second-order valence-electron chi connectivity index (χ2n) is 1.77. The third kappa shape index (κ3) is 1.27. The molecule has 1 rings (SSSR count). The van der Waals surface area contributed by atoms with Gasteiger partial charge >= 0.3 is 0 Å². The maximum absolute atomic E-state index is 8.62. The molecule has 1 aromatic heterocycles. The van der Waals surface area contributed by atoms with Crippen LogP contribution in [0.4, 0.5) is 0 Å². The summed E-state index contributed by atoms with van der Waals surface area (Å²) in [5, 5.41) is 8.62. The number of aromatic nitrogens is 1. The largest absolute Gasteiger partial charge is 0.390 e. The van der Waals surface area contributed by atoms with Gasteiger partial charge in [-0.15, -0.1) is 0 Å². The quantitative estimate of drug-likeness (QED) is 0.596. The predicted octanol–water partition coefficient (Wildman–Crippen LogP) is 0.756. The smallest absolute Gasteiger partial charge is 0.0855 e. The van der Waals surface area contributed by atoms with Crippen molar-refractivity contribution in [2.24, 2.45) is 0 Å². The number of nitrogens with zero attached hydrogens (tertiary/aromatic N) is 1. The molecule has 2 heteroatoms. The molecule has 0 saturated heterocycles. The van der Waals surface area contributed by atoms with Gasteiger partial charge in [-0.1, -0.05) is 6.07 Å². The normalized spacial score (nSPS) is 9.56. The number of aliphatic hydroxyl groups excluding tert-OH is 1. The lowest BCUT2D eigenvalue weighted by atomic mass is 10.2. The van der Waals surface area contributed by atoms with Crippen LogP contribution in [0.2, 0.25) is 0 Å². The lowest BCUT2D eigenvalue weighted by molar-refractivity contribution is 0.276. The Hall–Kier alpha value is -0.890. The van der Waals surface area contributed by atoms with Crippen LogP contribution >= 0.6 is 0 Å². The fourth-order valence-electron chi connectivity index (χ4n) is 0.614. The van der Waals surface area contributed by atoms with E-state index in [1.165, 1.54) is 0 Å². The van der Waals surface area contributed by atoms with Gasteiger partial charge in [0.15, 0.2) is 0 Å². The van der Waals surface area contributed by atoms with Gasteiger partial charge in [-0.3, -0.25) is 4.98 Å². The molecule has 0 aliphatic heterocycles. The van der Waals surface area contributed by atoms with Crippen molar-refractivity contribution in [3.8, 4) is 0 Å². The van der Waals surface area contributed by atoms with Gasteiger partial charge < -0.3 is 5.11 Å². The van der Waals surface area contributed by atoms with E-state index in [-0.39, 0.29) is 6.61 Å². The van der Waals surface area contributed by atoms with E-state index in [1.54, 1.807) is 12.3 Å². The van der Waals surface area contributed by atoms with Crippen LogP contribution in [-0.2, 0) is 6.61 Å². The first-order valence-corrected chi connectivity index (χ1v) is 2.71.